The largest absolute Gasteiger partial charge is 0.467 e. The molecule has 1 N–H and O–H groups in total. The number of methoxy groups -OCH3 is 1. The van der Waals surface area contributed by atoms with Gasteiger partial charge in [0.1, 0.15) is 17.2 Å². The van der Waals surface area contributed by atoms with Crippen LogP contribution in [-0.2, 0) is 16.8 Å². The van der Waals surface area contributed by atoms with Crippen LogP contribution in [0.1, 0.15) is 16.7 Å². The summed E-state index contributed by atoms with van der Waals surface area (Å²) in [5, 5.41) is 11.7. The van der Waals surface area contributed by atoms with Crippen LogP contribution in [0.15, 0.2) is 73.1 Å². The third kappa shape index (κ3) is 3.90. The van der Waals surface area contributed by atoms with Crippen LogP contribution in [0.25, 0.3) is 0 Å². The van der Waals surface area contributed by atoms with E-state index in [0.29, 0.717) is 16.9 Å². The molecule has 0 aliphatic heterocycles. The molecule has 0 radical (unpaired) electrons. The molecule has 0 aliphatic rings. The van der Waals surface area contributed by atoms with Crippen molar-refractivity contribution in [3.05, 3.63) is 95.6 Å². The van der Waals surface area contributed by atoms with Crippen molar-refractivity contribution in [1.82, 2.24) is 4.98 Å². The van der Waals surface area contributed by atoms with E-state index in [1.54, 1.807) is 12.4 Å². The molecule has 3 rings (SSSR count). The van der Waals surface area contributed by atoms with Gasteiger partial charge in [0.15, 0.2) is 6.79 Å². The quantitative estimate of drug-likeness (QED) is 0.659. The smallest absolute Gasteiger partial charge is 0.188 e. The van der Waals surface area contributed by atoms with Crippen molar-refractivity contribution < 1.29 is 19.0 Å². The zero-order valence-corrected chi connectivity index (χ0v) is 14.4. The number of halogens is 1. The van der Waals surface area contributed by atoms with Crippen LogP contribution in [0, 0.1) is 5.82 Å². The van der Waals surface area contributed by atoms with Gasteiger partial charge in [-0.3, -0.25) is 4.98 Å². The topological polar surface area (TPSA) is 51.6 Å². The normalized spacial score (nSPS) is 13.2. The number of aliphatic hydroxyl groups is 1. The first kappa shape index (κ1) is 18.0. The molecule has 0 spiro atoms. The summed E-state index contributed by atoms with van der Waals surface area (Å²) in [5.74, 6) is -0.0810. The lowest BCUT2D eigenvalue weighted by Crippen LogP contribution is -2.31. The molecular formula is C21H20FNO3. The second-order valence-electron chi connectivity index (χ2n) is 5.95. The Morgan fingerprint density at radius 1 is 1.04 bits per heavy atom. The van der Waals surface area contributed by atoms with Crippen LogP contribution in [0.4, 0.5) is 4.39 Å². The standard InChI is InChI=1S/C21H20FNO3/c1-25-15-26-20-8-7-18(22)13-19(20)21(24,17-5-3-2-4-6-17)14-16-9-11-23-12-10-16/h2-13,24H,14-15H2,1H3. The first-order chi connectivity index (χ1) is 12.6. The van der Waals surface area contributed by atoms with E-state index in [4.69, 9.17) is 9.47 Å². The fourth-order valence-corrected chi connectivity index (χ4v) is 2.94. The van der Waals surface area contributed by atoms with Gasteiger partial charge in [0.05, 0.1) is 0 Å². The molecule has 2 aromatic carbocycles. The summed E-state index contributed by atoms with van der Waals surface area (Å²) < 4.78 is 24.6. The summed E-state index contributed by atoms with van der Waals surface area (Å²) in [4.78, 5) is 4.01. The predicted octanol–water partition coefficient (Wildman–Crippen LogP) is 3.68. The molecule has 0 aliphatic carbocycles. The number of benzene rings is 2. The summed E-state index contributed by atoms with van der Waals surface area (Å²) >= 11 is 0. The van der Waals surface area contributed by atoms with Gasteiger partial charge in [-0.1, -0.05) is 30.3 Å². The van der Waals surface area contributed by atoms with Crippen molar-refractivity contribution in [3.63, 3.8) is 0 Å². The third-order valence-electron chi connectivity index (χ3n) is 4.18. The number of pyridine rings is 1. The Morgan fingerprint density at radius 3 is 2.46 bits per heavy atom. The maximum atomic E-state index is 14.0. The van der Waals surface area contributed by atoms with Gasteiger partial charge < -0.3 is 14.6 Å². The molecule has 0 fully saturated rings. The lowest BCUT2D eigenvalue weighted by molar-refractivity contribution is 0.0398. The number of rotatable bonds is 7. The van der Waals surface area contributed by atoms with Gasteiger partial charge in [-0.25, -0.2) is 4.39 Å². The maximum Gasteiger partial charge on any atom is 0.188 e. The first-order valence-corrected chi connectivity index (χ1v) is 8.22. The van der Waals surface area contributed by atoms with E-state index in [9.17, 15) is 9.50 Å². The zero-order valence-electron chi connectivity index (χ0n) is 14.4. The summed E-state index contributed by atoms with van der Waals surface area (Å²) in [6.45, 7) is -0.00123. The fourth-order valence-electron chi connectivity index (χ4n) is 2.94. The van der Waals surface area contributed by atoms with E-state index in [1.165, 1.54) is 25.3 Å². The van der Waals surface area contributed by atoms with E-state index in [-0.39, 0.29) is 13.2 Å². The molecule has 4 nitrogen and oxygen atoms in total. The van der Waals surface area contributed by atoms with Crippen LogP contribution in [0.3, 0.4) is 0 Å². The molecule has 1 aromatic heterocycles. The molecule has 0 amide bonds. The Bertz CT molecular complexity index is 842. The van der Waals surface area contributed by atoms with Crippen LogP contribution >= 0.6 is 0 Å². The number of hydrogen-bond acceptors (Lipinski definition) is 4. The van der Waals surface area contributed by atoms with E-state index in [2.05, 4.69) is 4.98 Å². The first-order valence-electron chi connectivity index (χ1n) is 8.22. The molecule has 0 saturated carbocycles. The van der Waals surface area contributed by atoms with E-state index < -0.39 is 11.4 Å². The van der Waals surface area contributed by atoms with Crippen LogP contribution in [0.5, 0.6) is 5.75 Å². The Labute approximate surface area is 151 Å². The summed E-state index contributed by atoms with van der Waals surface area (Å²) in [6.07, 6.45) is 3.57. The number of nitrogens with zero attached hydrogens (tertiary/aromatic N) is 1. The van der Waals surface area contributed by atoms with Gasteiger partial charge in [-0.05, 0) is 41.5 Å². The molecule has 5 heteroatoms. The highest BCUT2D eigenvalue weighted by atomic mass is 19.1. The third-order valence-corrected chi connectivity index (χ3v) is 4.18. The molecule has 26 heavy (non-hydrogen) atoms. The molecule has 1 unspecified atom stereocenters. The van der Waals surface area contributed by atoms with Gasteiger partial charge in [-0.15, -0.1) is 0 Å². The molecular weight excluding hydrogens is 333 g/mol. The summed E-state index contributed by atoms with van der Waals surface area (Å²) in [6, 6.07) is 16.9. The highest BCUT2D eigenvalue weighted by Crippen LogP contribution is 2.39. The molecule has 134 valence electrons. The van der Waals surface area contributed by atoms with Gasteiger partial charge in [0.2, 0.25) is 0 Å². The maximum absolute atomic E-state index is 14.0. The van der Waals surface area contributed by atoms with Crippen molar-refractivity contribution in [2.45, 2.75) is 12.0 Å². The average molecular weight is 353 g/mol. The Morgan fingerprint density at radius 2 is 1.77 bits per heavy atom. The lowest BCUT2D eigenvalue weighted by atomic mass is 9.81. The molecule has 1 heterocycles. The Hall–Kier alpha value is -2.76. The van der Waals surface area contributed by atoms with Crippen molar-refractivity contribution in [1.29, 1.82) is 0 Å². The Kier molecular flexibility index (Phi) is 5.61. The van der Waals surface area contributed by atoms with Crippen LogP contribution in [-0.4, -0.2) is 24.0 Å². The molecule has 0 saturated heterocycles. The SMILES string of the molecule is COCOc1ccc(F)cc1C(O)(Cc1ccncc1)c1ccccc1. The van der Waals surface area contributed by atoms with Crippen LogP contribution < -0.4 is 4.74 Å². The molecule has 1 atom stereocenters. The minimum absolute atomic E-state index is 0.00123. The van der Waals surface area contributed by atoms with E-state index in [0.717, 1.165) is 5.56 Å². The van der Waals surface area contributed by atoms with Crippen molar-refractivity contribution in [3.8, 4) is 5.75 Å². The average Bonchev–Trinajstić information content (AvgIpc) is 2.68. The second kappa shape index (κ2) is 8.08. The minimum atomic E-state index is -1.48. The van der Waals surface area contributed by atoms with Gasteiger partial charge in [0.25, 0.3) is 0 Å². The number of aromatic nitrogens is 1. The fraction of sp³-hybridized carbons (Fsp3) is 0.190. The highest BCUT2D eigenvalue weighted by Gasteiger charge is 2.35. The van der Waals surface area contributed by atoms with Crippen molar-refractivity contribution >= 4 is 0 Å². The Balaban J connectivity index is 2.13. The second-order valence-corrected chi connectivity index (χ2v) is 5.95. The van der Waals surface area contributed by atoms with E-state index >= 15 is 0 Å². The van der Waals surface area contributed by atoms with Crippen LogP contribution in [0.2, 0.25) is 0 Å². The molecule has 3 aromatic rings. The summed E-state index contributed by atoms with van der Waals surface area (Å²) in [7, 11) is 1.50. The number of hydrogen-bond donors (Lipinski definition) is 1. The predicted molar refractivity (Wildman–Crippen MR) is 96.3 cm³/mol. The molecule has 0 bridgehead atoms. The van der Waals surface area contributed by atoms with Crippen molar-refractivity contribution in [2.24, 2.45) is 0 Å². The lowest BCUT2D eigenvalue weighted by Gasteiger charge is -2.31. The zero-order chi connectivity index (χ0) is 18.4. The highest BCUT2D eigenvalue weighted by molar-refractivity contribution is 5.46. The minimum Gasteiger partial charge on any atom is -0.467 e. The summed E-state index contributed by atoms with van der Waals surface area (Å²) in [5.41, 5.74) is 0.379. The van der Waals surface area contributed by atoms with Gasteiger partial charge >= 0.3 is 0 Å². The van der Waals surface area contributed by atoms with E-state index in [1.807, 2.05) is 42.5 Å². The van der Waals surface area contributed by atoms with Gasteiger partial charge in [-0.2, -0.15) is 0 Å². The monoisotopic (exact) mass is 353 g/mol. The van der Waals surface area contributed by atoms with Gasteiger partial charge in [0, 0.05) is 31.5 Å². The number of ether oxygens (including phenoxy) is 2. The van der Waals surface area contributed by atoms with Crippen molar-refractivity contribution in [2.75, 3.05) is 13.9 Å².